The second kappa shape index (κ2) is 11.5. The van der Waals surface area contributed by atoms with Gasteiger partial charge in [0.1, 0.15) is 18.8 Å². The largest absolute Gasteiger partial charge is 0.490 e. The van der Waals surface area contributed by atoms with Crippen LogP contribution in [-0.4, -0.2) is 73.9 Å². The molecule has 38 heavy (non-hydrogen) atoms. The van der Waals surface area contributed by atoms with Gasteiger partial charge in [-0.05, 0) is 6.07 Å². The van der Waals surface area contributed by atoms with Crippen LogP contribution >= 0.6 is 0 Å². The highest BCUT2D eigenvalue weighted by atomic mass is 16.7. The molecule has 206 valence electrons. The van der Waals surface area contributed by atoms with E-state index < -0.39 is 72.9 Å². The van der Waals surface area contributed by atoms with Crippen LogP contribution in [0.2, 0.25) is 0 Å². The van der Waals surface area contributed by atoms with Crippen LogP contribution in [0.3, 0.4) is 0 Å². The van der Waals surface area contributed by atoms with Crippen LogP contribution < -0.4 is 14.2 Å². The molecule has 1 aromatic rings. The number of ether oxygens (including phenoxy) is 8. The first kappa shape index (κ1) is 28.4. The summed E-state index contributed by atoms with van der Waals surface area (Å²) >= 11 is 0. The number of carbonyl (C=O) groups is 6. The van der Waals surface area contributed by atoms with Crippen molar-refractivity contribution in [3.63, 3.8) is 0 Å². The number of benzene rings is 1. The molecule has 2 aliphatic heterocycles. The Labute approximate surface area is 216 Å². The number of rotatable bonds is 7. The monoisotopic (exact) mass is 538 g/mol. The molecule has 3 rings (SSSR count). The Balaban J connectivity index is 2.26. The fourth-order valence-electron chi connectivity index (χ4n) is 4.21. The third kappa shape index (κ3) is 6.02. The van der Waals surface area contributed by atoms with Gasteiger partial charge < -0.3 is 37.9 Å². The molecule has 1 fully saturated rings. The zero-order chi connectivity index (χ0) is 28.3. The van der Waals surface area contributed by atoms with Gasteiger partial charge in [-0.1, -0.05) is 0 Å². The van der Waals surface area contributed by atoms with E-state index in [0.29, 0.717) is 0 Å². The number of fused-ring (bicyclic) bond motifs is 3. The molecule has 2 heterocycles. The second-order valence-electron chi connectivity index (χ2n) is 8.30. The van der Waals surface area contributed by atoms with E-state index in [1.165, 1.54) is 7.11 Å². The van der Waals surface area contributed by atoms with E-state index >= 15 is 0 Å². The lowest BCUT2D eigenvalue weighted by Gasteiger charge is -2.46. The quantitative estimate of drug-likeness (QED) is 0.272. The molecule has 1 aromatic carbocycles. The van der Waals surface area contributed by atoms with Gasteiger partial charge in [0.25, 0.3) is 0 Å². The molecule has 3 unspecified atom stereocenters. The first-order valence-corrected chi connectivity index (χ1v) is 11.3. The fourth-order valence-corrected chi connectivity index (χ4v) is 4.21. The van der Waals surface area contributed by atoms with Gasteiger partial charge in [-0.25, -0.2) is 4.79 Å². The van der Waals surface area contributed by atoms with Gasteiger partial charge in [0.15, 0.2) is 29.8 Å². The molecule has 1 saturated heterocycles. The van der Waals surface area contributed by atoms with E-state index in [2.05, 4.69) is 0 Å². The summed E-state index contributed by atoms with van der Waals surface area (Å²) in [5.74, 6) is -5.59. The van der Waals surface area contributed by atoms with Gasteiger partial charge in [0.2, 0.25) is 5.75 Å². The number of hydrogen-bond donors (Lipinski definition) is 0. The van der Waals surface area contributed by atoms with Gasteiger partial charge in [0, 0.05) is 40.2 Å². The van der Waals surface area contributed by atoms with Gasteiger partial charge in [0.05, 0.1) is 12.7 Å². The molecule has 0 radical (unpaired) electrons. The number of esters is 6. The van der Waals surface area contributed by atoms with E-state index in [9.17, 15) is 28.8 Å². The average Bonchev–Trinajstić information content (AvgIpc) is 2.78. The summed E-state index contributed by atoms with van der Waals surface area (Å²) in [7, 11) is 1.21. The van der Waals surface area contributed by atoms with Crippen molar-refractivity contribution in [3.05, 3.63) is 17.2 Å². The summed E-state index contributed by atoms with van der Waals surface area (Å²) in [5.41, 5.74) is -0.265. The van der Waals surface area contributed by atoms with Gasteiger partial charge in [-0.15, -0.1) is 0 Å². The minimum atomic E-state index is -1.42. The Bertz CT molecular complexity index is 1170. The minimum Gasteiger partial charge on any atom is -0.490 e. The maximum absolute atomic E-state index is 13.2. The van der Waals surface area contributed by atoms with E-state index in [0.717, 1.165) is 40.7 Å². The zero-order valence-corrected chi connectivity index (χ0v) is 21.4. The molecule has 5 atom stereocenters. The van der Waals surface area contributed by atoms with Crippen LogP contribution in [0, 0.1) is 0 Å². The van der Waals surface area contributed by atoms with Gasteiger partial charge in [-0.2, -0.15) is 0 Å². The van der Waals surface area contributed by atoms with Crippen molar-refractivity contribution in [3.8, 4) is 17.2 Å². The summed E-state index contributed by atoms with van der Waals surface area (Å²) in [4.78, 5) is 72.3. The molecule has 14 heteroatoms. The SMILES string of the molecule is COc1c(OC(C)=O)cc2c(c1OC(C)=O)[C@@H]1OC(COC(C)=O)C(OC(C)=O)C(OC(C)=O)[C@H]1OC2=O. The highest BCUT2D eigenvalue weighted by molar-refractivity contribution is 5.96. The lowest BCUT2D eigenvalue weighted by molar-refractivity contribution is -0.251. The van der Waals surface area contributed by atoms with Crippen LogP contribution in [0.25, 0.3) is 0 Å². The van der Waals surface area contributed by atoms with Crippen molar-refractivity contribution in [1.29, 1.82) is 0 Å². The summed E-state index contributed by atoms with van der Waals surface area (Å²) < 4.78 is 43.3. The van der Waals surface area contributed by atoms with Crippen molar-refractivity contribution >= 4 is 35.8 Å². The van der Waals surface area contributed by atoms with E-state index in [1.54, 1.807) is 0 Å². The van der Waals surface area contributed by atoms with E-state index in [1.807, 2.05) is 0 Å². The first-order chi connectivity index (χ1) is 17.8. The molecular weight excluding hydrogens is 512 g/mol. The average molecular weight is 538 g/mol. The Hall–Kier alpha value is -4.20. The maximum Gasteiger partial charge on any atom is 0.339 e. The molecule has 14 nitrogen and oxygen atoms in total. The predicted octanol–water partition coefficient (Wildman–Crippen LogP) is 0.951. The Morgan fingerprint density at radius 3 is 1.95 bits per heavy atom. The number of carbonyl (C=O) groups excluding carboxylic acids is 6. The molecule has 0 aliphatic carbocycles. The van der Waals surface area contributed by atoms with Crippen LogP contribution in [0.5, 0.6) is 17.2 Å². The van der Waals surface area contributed by atoms with Crippen molar-refractivity contribution in [1.82, 2.24) is 0 Å². The van der Waals surface area contributed by atoms with Crippen molar-refractivity contribution in [2.75, 3.05) is 13.7 Å². The standard InChI is InChI=1S/C24H26O14/c1-9(25)32-8-16-19(34-11(3)27)22(36-13(5)29)23-21(37-16)17-14(24(30)38-23)7-15(33-10(2)26)18(31-6)20(17)35-12(4)28/h7,16,19,21-23H,8H2,1-6H3/t16?,19?,21-,22?,23-/m0/s1. The van der Waals surface area contributed by atoms with Gasteiger partial charge >= 0.3 is 35.8 Å². The normalized spacial score (nSPS) is 23.5. The molecule has 0 N–H and O–H groups in total. The summed E-state index contributed by atoms with van der Waals surface area (Å²) in [6.07, 6.45) is -6.71. The fraction of sp³-hybridized carbons (Fsp3) is 0.500. The highest BCUT2D eigenvalue weighted by Crippen LogP contribution is 2.51. The number of methoxy groups -OCH3 is 1. The third-order valence-electron chi connectivity index (χ3n) is 5.38. The third-order valence-corrected chi connectivity index (χ3v) is 5.38. The zero-order valence-electron chi connectivity index (χ0n) is 21.4. The smallest absolute Gasteiger partial charge is 0.339 e. The first-order valence-electron chi connectivity index (χ1n) is 11.3. The minimum absolute atomic E-state index is 0.0551. The van der Waals surface area contributed by atoms with Crippen LogP contribution in [0.4, 0.5) is 0 Å². The van der Waals surface area contributed by atoms with Crippen LogP contribution in [0.1, 0.15) is 56.6 Å². The Kier molecular flexibility index (Phi) is 8.56. The van der Waals surface area contributed by atoms with E-state index in [4.69, 9.17) is 37.9 Å². The molecule has 0 spiro atoms. The number of hydrogen-bond acceptors (Lipinski definition) is 14. The van der Waals surface area contributed by atoms with Crippen molar-refractivity contribution < 1.29 is 66.7 Å². The summed E-state index contributed by atoms with van der Waals surface area (Å²) in [5, 5.41) is 0. The predicted molar refractivity (Wildman–Crippen MR) is 120 cm³/mol. The molecular formula is C24H26O14. The summed E-state index contributed by atoms with van der Waals surface area (Å²) in [6, 6.07) is 1.14. The van der Waals surface area contributed by atoms with Crippen LogP contribution in [0.15, 0.2) is 6.07 Å². The highest BCUT2D eigenvalue weighted by Gasteiger charge is 2.56. The molecule has 2 aliphatic rings. The molecule has 0 saturated carbocycles. The Morgan fingerprint density at radius 1 is 0.816 bits per heavy atom. The molecule has 0 aromatic heterocycles. The lowest BCUT2D eigenvalue weighted by atomic mass is 9.85. The van der Waals surface area contributed by atoms with Gasteiger partial charge in [-0.3, -0.25) is 24.0 Å². The molecule has 0 amide bonds. The molecule has 0 bridgehead atoms. The van der Waals surface area contributed by atoms with E-state index in [-0.39, 0.29) is 28.4 Å². The topological polar surface area (TPSA) is 176 Å². The Morgan fingerprint density at radius 2 is 1.42 bits per heavy atom. The van der Waals surface area contributed by atoms with Crippen molar-refractivity contribution in [2.45, 2.75) is 65.1 Å². The second-order valence-corrected chi connectivity index (χ2v) is 8.30. The summed E-state index contributed by atoms with van der Waals surface area (Å²) in [6.45, 7) is 5.10. The maximum atomic E-state index is 13.2. The lowest BCUT2D eigenvalue weighted by Crippen LogP contribution is -2.60. The van der Waals surface area contributed by atoms with Crippen LogP contribution in [-0.2, 0) is 47.7 Å². The van der Waals surface area contributed by atoms with Crippen molar-refractivity contribution in [2.24, 2.45) is 0 Å².